The molecule has 0 saturated carbocycles. The average molecular weight is 657 g/mol. The minimum absolute atomic E-state index is 0.0950. The Morgan fingerprint density at radius 3 is 2.07 bits per heavy atom. The third kappa shape index (κ3) is 24.8. The standard InChI is InChI=1S/C15H22N4O5S.C7H10.C4H8O.C3H8O.2C2H6/c16-11-2-5-13(6-3-11)25(23,24)19(9-1-8-17-15(21)22)10-12-4-7-14(20)18-12;1-4-6-7(3)5-2;1-2-4-5-3-1;1-2-3-4;2*1-2/h2-3,5-6,12,17H,1,4,7-10,16H2,(H,18,20)(H,21,22);4-6H,1-2H2,3H3;1-4H2;4H,2-3H2,1H3;2*1-2H3/b;7-6-;;;;/t12-;;;;;/m1...../s1. The number of aliphatic hydroxyl groups is 1. The van der Waals surface area contributed by atoms with Gasteiger partial charge in [-0.3, -0.25) is 4.79 Å². The largest absolute Gasteiger partial charge is 0.465 e. The van der Waals surface area contributed by atoms with E-state index in [1.54, 1.807) is 12.2 Å². The fraction of sp³-hybridized carbons (Fsp3) is 0.576. The monoisotopic (exact) mass is 656 g/mol. The maximum Gasteiger partial charge on any atom is 0.404 e. The van der Waals surface area contributed by atoms with Gasteiger partial charge in [0.1, 0.15) is 0 Å². The van der Waals surface area contributed by atoms with Crippen molar-refractivity contribution in [2.24, 2.45) is 0 Å². The van der Waals surface area contributed by atoms with Gasteiger partial charge in [0.25, 0.3) is 0 Å². The number of anilines is 1. The van der Waals surface area contributed by atoms with Crippen molar-refractivity contribution in [2.75, 3.05) is 45.2 Å². The van der Waals surface area contributed by atoms with Crippen molar-refractivity contribution in [1.82, 2.24) is 14.9 Å². The molecule has 1 aromatic rings. The number of sulfonamides is 1. The van der Waals surface area contributed by atoms with Crippen molar-refractivity contribution >= 4 is 27.7 Å². The smallest absolute Gasteiger partial charge is 0.404 e. The Hall–Kier alpha value is -3.19. The van der Waals surface area contributed by atoms with E-state index >= 15 is 0 Å². The fourth-order valence-electron chi connectivity index (χ4n) is 3.37. The molecular weight excluding hydrogens is 596 g/mol. The molecule has 3 rings (SSSR count). The van der Waals surface area contributed by atoms with Crippen LogP contribution in [-0.2, 0) is 19.6 Å². The zero-order chi connectivity index (χ0) is 35.1. The molecule has 0 radical (unpaired) electrons. The number of nitrogen functional groups attached to an aromatic ring is 1. The number of allylic oxidation sites excluding steroid dienone is 4. The van der Waals surface area contributed by atoms with Crippen LogP contribution in [0, 0.1) is 0 Å². The van der Waals surface area contributed by atoms with Crippen LogP contribution < -0.4 is 16.4 Å². The summed E-state index contributed by atoms with van der Waals surface area (Å²) in [7, 11) is -3.77. The highest BCUT2D eigenvalue weighted by atomic mass is 32.2. The Balaban J connectivity index is -0.000000715. The first kappa shape index (κ1) is 46.2. The first-order valence-electron chi connectivity index (χ1n) is 15.7. The molecule has 6 N–H and O–H groups in total. The van der Waals surface area contributed by atoms with Gasteiger partial charge in [0.15, 0.2) is 0 Å². The highest BCUT2D eigenvalue weighted by Crippen LogP contribution is 2.19. The van der Waals surface area contributed by atoms with E-state index in [1.807, 2.05) is 47.6 Å². The van der Waals surface area contributed by atoms with Gasteiger partial charge in [-0.1, -0.05) is 71.6 Å². The lowest BCUT2D eigenvalue weighted by Crippen LogP contribution is -2.43. The number of rotatable bonds is 11. The van der Waals surface area contributed by atoms with Gasteiger partial charge in [0.05, 0.1) is 4.90 Å². The molecule has 2 saturated heterocycles. The van der Waals surface area contributed by atoms with Gasteiger partial charge in [-0.25, -0.2) is 13.2 Å². The predicted molar refractivity (Wildman–Crippen MR) is 186 cm³/mol. The molecular formula is C33H60N4O7S. The van der Waals surface area contributed by atoms with Crippen molar-refractivity contribution in [3.63, 3.8) is 0 Å². The molecule has 2 heterocycles. The molecule has 2 fully saturated rings. The maximum absolute atomic E-state index is 12.9. The third-order valence-corrected chi connectivity index (χ3v) is 7.52. The summed E-state index contributed by atoms with van der Waals surface area (Å²) in [6.45, 7) is 21.7. The summed E-state index contributed by atoms with van der Waals surface area (Å²) in [6.07, 6.45) is 8.99. The quantitative estimate of drug-likeness (QED) is 0.114. The summed E-state index contributed by atoms with van der Waals surface area (Å²) in [5.74, 6) is -0.0950. The van der Waals surface area contributed by atoms with Crippen LogP contribution >= 0.6 is 0 Å². The van der Waals surface area contributed by atoms with Crippen LogP contribution in [0.15, 0.2) is 66.1 Å². The van der Waals surface area contributed by atoms with Gasteiger partial charge < -0.3 is 31.3 Å². The SMILES string of the molecule is C1CCOC1.C=C/C=C(/C)C=C.CC.CC.CCCO.Nc1ccc(S(=O)(=O)N(CCCNC(=O)O)C[C@H]2CCC(=O)N2)cc1. The zero-order valence-corrected chi connectivity index (χ0v) is 29.2. The number of amides is 2. The van der Waals surface area contributed by atoms with E-state index in [0.717, 1.165) is 25.2 Å². The van der Waals surface area contributed by atoms with Gasteiger partial charge >= 0.3 is 6.09 Å². The number of ether oxygens (including phenoxy) is 1. The number of carbonyl (C=O) groups excluding carboxylic acids is 1. The number of benzene rings is 1. The number of carboxylic acid groups (broad SMARTS) is 1. The Morgan fingerprint density at radius 1 is 1.16 bits per heavy atom. The number of aliphatic hydroxyl groups excluding tert-OH is 1. The van der Waals surface area contributed by atoms with Crippen molar-refractivity contribution in [2.45, 2.75) is 91.0 Å². The zero-order valence-electron chi connectivity index (χ0n) is 28.4. The van der Waals surface area contributed by atoms with E-state index in [4.69, 9.17) is 20.7 Å². The second-order valence-electron chi connectivity index (χ2n) is 9.21. The first-order valence-corrected chi connectivity index (χ1v) is 17.2. The molecule has 12 heteroatoms. The molecule has 0 aliphatic carbocycles. The van der Waals surface area contributed by atoms with Crippen LogP contribution in [0.4, 0.5) is 10.5 Å². The lowest BCUT2D eigenvalue weighted by atomic mass is 10.2. The Bertz CT molecular complexity index is 1030. The lowest BCUT2D eigenvalue weighted by molar-refractivity contribution is -0.119. The molecule has 45 heavy (non-hydrogen) atoms. The highest BCUT2D eigenvalue weighted by molar-refractivity contribution is 7.89. The normalized spacial score (nSPS) is 15.0. The van der Waals surface area contributed by atoms with E-state index in [-0.39, 0.29) is 36.5 Å². The fourth-order valence-corrected chi connectivity index (χ4v) is 4.90. The van der Waals surface area contributed by atoms with Gasteiger partial charge in [-0.15, -0.1) is 0 Å². The van der Waals surface area contributed by atoms with E-state index in [2.05, 4.69) is 23.8 Å². The van der Waals surface area contributed by atoms with Crippen molar-refractivity contribution < 1.29 is 33.0 Å². The van der Waals surface area contributed by atoms with Crippen LogP contribution in [0.2, 0.25) is 0 Å². The second kappa shape index (κ2) is 30.8. The number of hydrogen-bond donors (Lipinski definition) is 5. The van der Waals surface area contributed by atoms with E-state index in [9.17, 15) is 18.0 Å². The lowest BCUT2D eigenvalue weighted by Gasteiger charge is -2.25. The number of nitrogens with zero attached hydrogens (tertiary/aromatic N) is 1. The van der Waals surface area contributed by atoms with E-state index < -0.39 is 16.1 Å². The van der Waals surface area contributed by atoms with Crippen LogP contribution in [0.5, 0.6) is 0 Å². The third-order valence-electron chi connectivity index (χ3n) is 5.64. The minimum Gasteiger partial charge on any atom is -0.465 e. The number of hydrogen-bond acceptors (Lipinski definition) is 7. The number of carbonyl (C=O) groups is 2. The Kier molecular flexibility index (Phi) is 31.7. The van der Waals surface area contributed by atoms with Gasteiger partial charge in [-0.05, 0) is 63.3 Å². The molecule has 1 atom stereocenters. The highest BCUT2D eigenvalue weighted by Gasteiger charge is 2.30. The van der Waals surface area contributed by atoms with Crippen LogP contribution in [-0.4, -0.2) is 80.4 Å². The van der Waals surface area contributed by atoms with Crippen LogP contribution in [0.3, 0.4) is 0 Å². The molecule has 2 aliphatic rings. The summed E-state index contributed by atoms with van der Waals surface area (Å²) < 4.78 is 32.0. The topological polar surface area (TPSA) is 171 Å². The minimum atomic E-state index is -3.77. The molecule has 0 aromatic heterocycles. The molecule has 260 valence electrons. The number of nitrogens with one attached hydrogen (secondary N) is 2. The van der Waals surface area contributed by atoms with E-state index in [1.165, 1.54) is 41.4 Å². The van der Waals surface area contributed by atoms with Crippen LogP contribution in [0.1, 0.15) is 80.1 Å². The van der Waals surface area contributed by atoms with E-state index in [0.29, 0.717) is 31.6 Å². The number of nitrogens with two attached hydrogens (primary N) is 1. The molecule has 11 nitrogen and oxygen atoms in total. The van der Waals surface area contributed by atoms with Gasteiger partial charge in [0, 0.05) is 57.6 Å². The molecule has 1 aromatic carbocycles. The first-order chi connectivity index (χ1) is 21.5. The Labute approximate surface area is 272 Å². The molecule has 0 unspecified atom stereocenters. The Morgan fingerprint density at radius 2 is 1.71 bits per heavy atom. The summed E-state index contributed by atoms with van der Waals surface area (Å²) in [4.78, 5) is 22.0. The van der Waals surface area contributed by atoms with Gasteiger partial charge in [-0.2, -0.15) is 4.31 Å². The summed E-state index contributed by atoms with van der Waals surface area (Å²) in [5.41, 5.74) is 7.21. The van der Waals surface area contributed by atoms with Crippen molar-refractivity contribution in [1.29, 1.82) is 0 Å². The van der Waals surface area contributed by atoms with Crippen LogP contribution in [0.25, 0.3) is 0 Å². The molecule has 0 bridgehead atoms. The molecule has 2 aliphatic heterocycles. The maximum atomic E-state index is 12.9. The second-order valence-corrected chi connectivity index (χ2v) is 11.2. The molecule has 0 spiro atoms. The van der Waals surface area contributed by atoms with Gasteiger partial charge in [0.2, 0.25) is 15.9 Å². The summed E-state index contributed by atoms with van der Waals surface area (Å²) in [6, 6.07) is 5.63. The predicted octanol–water partition coefficient (Wildman–Crippen LogP) is 5.74. The summed E-state index contributed by atoms with van der Waals surface area (Å²) >= 11 is 0. The van der Waals surface area contributed by atoms with Crippen molar-refractivity contribution in [3.8, 4) is 0 Å². The van der Waals surface area contributed by atoms with Crippen molar-refractivity contribution in [3.05, 3.63) is 61.2 Å². The summed E-state index contributed by atoms with van der Waals surface area (Å²) in [5, 5.41) is 21.4. The average Bonchev–Trinajstić information content (AvgIpc) is 3.77. The molecule has 2 amide bonds.